The van der Waals surface area contributed by atoms with Gasteiger partial charge in [0, 0.05) is 5.69 Å². The topological polar surface area (TPSA) is 76.4 Å². The van der Waals surface area contributed by atoms with E-state index >= 15 is 0 Å². The summed E-state index contributed by atoms with van der Waals surface area (Å²) in [5.41, 5.74) is 1.74. The van der Waals surface area contributed by atoms with E-state index in [1.54, 1.807) is 24.4 Å². The van der Waals surface area contributed by atoms with Gasteiger partial charge in [-0.05, 0) is 62.4 Å². The fourth-order valence-electron chi connectivity index (χ4n) is 2.18. The van der Waals surface area contributed by atoms with Crippen LogP contribution in [0.5, 0.6) is 5.75 Å². The van der Waals surface area contributed by atoms with Gasteiger partial charge in [0.25, 0.3) is 5.91 Å². The number of nitrogens with zero attached hydrogens (tertiary/aromatic N) is 1. The molecule has 0 aliphatic carbocycles. The molecule has 0 saturated carbocycles. The van der Waals surface area contributed by atoms with Gasteiger partial charge >= 0.3 is 0 Å². The number of carbonyl (C=O) groups is 1. The highest BCUT2D eigenvalue weighted by atomic mass is 16.5. The molecule has 0 unspecified atom stereocenters. The Kier molecular flexibility index (Phi) is 4.99. The Labute approximate surface area is 145 Å². The first-order valence-electron chi connectivity index (χ1n) is 7.95. The maximum atomic E-state index is 11.9. The summed E-state index contributed by atoms with van der Waals surface area (Å²) in [6.07, 6.45) is 3.25. The van der Waals surface area contributed by atoms with Gasteiger partial charge in [-0.2, -0.15) is 0 Å². The van der Waals surface area contributed by atoms with E-state index in [4.69, 9.17) is 9.15 Å². The van der Waals surface area contributed by atoms with E-state index in [-0.39, 0.29) is 17.8 Å². The van der Waals surface area contributed by atoms with Gasteiger partial charge in [-0.25, -0.2) is 4.98 Å². The van der Waals surface area contributed by atoms with E-state index < -0.39 is 0 Å². The zero-order chi connectivity index (χ0) is 17.6. The molecule has 0 aliphatic rings. The van der Waals surface area contributed by atoms with Crippen LogP contribution in [0.1, 0.15) is 24.4 Å². The van der Waals surface area contributed by atoms with Crippen LogP contribution in [0, 0.1) is 0 Å². The quantitative estimate of drug-likeness (QED) is 0.694. The molecule has 0 bridgehead atoms. The minimum absolute atomic E-state index is 0.145. The number of amides is 1. The van der Waals surface area contributed by atoms with Crippen LogP contribution in [0.15, 0.2) is 65.4 Å². The van der Waals surface area contributed by atoms with Gasteiger partial charge in [-0.15, -0.1) is 0 Å². The second-order valence-electron chi connectivity index (χ2n) is 5.68. The van der Waals surface area contributed by atoms with Crippen molar-refractivity contribution in [2.75, 3.05) is 10.6 Å². The van der Waals surface area contributed by atoms with Crippen LogP contribution < -0.4 is 15.4 Å². The molecule has 0 atom stereocenters. The number of ether oxygens (including phenoxy) is 1. The van der Waals surface area contributed by atoms with Crippen LogP contribution in [0.25, 0.3) is 0 Å². The van der Waals surface area contributed by atoms with E-state index in [9.17, 15) is 4.79 Å². The smallest absolute Gasteiger partial charge is 0.292 e. The summed E-state index contributed by atoms with van der Waals surface area (Å²) in [4.78, 5) is 16.1. The largest absolute Gasteiger partial charge is 0.491 e. The predicted octanol–water partition coefficient (Wildman–Crippen LogP) is 4.46. The van der Waals surface area contributed by atoms with Gasteiger partial charge < -0.3 is 19.8 Å². The van der Waals surface area contributed by atoms with Crippen molar-refractivity contribution >= 4 is 23.1 Å². The number of pyridine rings is 1. The van der Waals surface area contributed by atoms with E-state index in [1.165, 1.54) is 6.26 Å². The highest BCUT2D eigenvalue weighted by molar-refractivity contribution is 6.01. The molecule has 3 aromatic rings. The van der Waals surface area contributed by atoms with Crippen LogP contribution in [-0.4, -0.2) is 17.0 Å². The van der Waals surface area contributed by atoms with E-state index in [0.29, 0.717) is 5.82 Å². The molecule has 6 nitrogen and oxygen atoms in total. The van der Waals surface area contributed by atoms with Gasteiger partial charge in [0.05, 0.1) is 24.3 Å². The number of carbonyl (C=O) groups excluding carboxylic acids is 1. The molecule has 0 saturated heterocycles. The van der Waals surface area contributed by atoms with Gasteiger partial charge in [-0.3, -0.25) is 4.79 Å². The molecule has 2 aromatic heterocycles. The zero-order valence-electron chi connectivity index (χ0n) is 14.0. The Hall–Kier alpha value is -3.28. The third kappa shape index (κ3) is 4.60. The normalized spacial score (nSPS) is 10.5. The highest BCUT2D eigenvalue weighted by Gasteiger charge is 2.09. The molecule has 6 heteroatoms. The molecule has 0 spiro atoms. The zero-order valence-corrected chi connectivity index (χ0v) is 14.0. The van der Waals surface area contributed by atoms with Crippen molar-refractivity contribution in [3.63, 3.8) is 0 Å². The molecule has 2 N–H and O–H groups in total. The molecular formula is C19H19N3O3. The Morgan fingerprint density at radius 1 is 1.08 bits per heavy atom. The van der Waals surface area contributed by atoms with Crippen molar-refractivity contribution in [1.29, 1.82) is 0 Å². The molecule has 25 heavy (non-hydrogen) atoms. The molecule has 0 fully saturated rings. The molecular weight excluding hydrogens is 318 g/mol. The minimum Gasteiger partial charge on any atom is -0.491 e. The van der Waals surface area contributed by atoms with Gasteiger partial charge in [0.1, 0.15) is 11.6 Å². The Balaban J connectivity index is 1.59. The van der Waals surface area contributed by atoms with Crippen molar-refractivity contribution < 1.29 is 13.9 Å². The second-order valence-corrected chi connectivity index (χ2v) is 5.68. The summed E-state index contributed by atoms with van der Waals surface area (Å²) in [5, 5.41) is 5.92. The minimum atomic E-state index is -0.334. The summed E-state index contributed by atoms with van der Waals surface area (Å²) in [6.45, 7) is 3.98. The third-order valence-corrected chi connectivity index (χ3v) is 3.26. The summed E-state index contributed by atoms with van der Waals surface area (Å²) in [6, 6.07) is 14.5. The second kappa shape index (κ2) is 7.53. The summed E-state index contributed by atoms with van der Waals surface area (Å²) < 4.78 is 10.7. The SMILES string of the molecule is CC(C)Oc1ccc(Nc2ccc(NC(=O)c3ccco3)nc2)cc1. The Morgan fingerprint density at radius 3 is 2.44 bits per heavy atom. The Morgan fingerprint density at radius 2 is 1.84 bits per heavy atom. The first kappa shape index (κ1) is 16.6. The lowest BCUT2D eigenvalue weighted by atomic mass is 10.3. The number of nitrogens with one attached hydrogen (secondary N) is 2. The number of rotatable bonds is 6. The third-order valence-electron chi connectivity index (χ3n) is 3.26. The van der Waals surface area contributed by atoms with Crippen LogP contribution >= 0.6 is 0 Å². The fourth-order valence-corrected chi connectivity index (χ4v) is 2.18. The molecule has 1 aromatic carbocycles. The monoisotopic (exact) mass is 337 g/mol. The van der Waals surface area contributed by atoms with E-state index in [1.807, 2.05) is 44.2 Å². The number of hydrogen-bond acceptors (Lipinski definition) is 5. The standard InChI is InChI=1S/C19H19N3O3/c1-13(2)25-16-8-5-14(6-9-16)21-15-7-10-18(20-12-15)22-19(23)17-4-3-11-24-17/h3-13,21H,1-2H3,(H,20,22,23). The predicted molar refractivity (Wildman–Crippen MR) is 96.4 cm³/mol. The average Bonchev–Trinajstić information content (AvgIpc) is 3.13. The summed E-state index contributed by atoms with van der Waals surface area (Å²) in [5.74, 6) is 1.19. The molecule has 0 radical (unpaired) electrons. The molecule has 3 rings (SSSR count). The summed E-state index contributed by atoms with van der Waals surface area (Å²) >= 11 is 0. The van der Waals surface area contributed by atoms with Crippen LogP contribution in [0.3, 0.4) is 0 Å². The van der Waals surface area contributed by atoms with Crippen LogP contribution in [-0.2, 0) is 0 Å². The van der Waals surface area contributed by atoms with Crippen molar-refractivity contribution in [1.82, 2.24) is 4.98 Å². The highest BCUT2D eigenvalue weighted by Crippen LogP contribution is 2.21. The molecule has 2 heterocycles. The maximum absolute atomic E-state index is 11.9. The van der Waals surface area contributed by atoms with Crippen LogP contribution in [0.4, 0.5) is 17.2 Å². The fraction of sp³-hybridized carbons (Fsp3) is 0.158. The Bertz CT molecular complexity index is 810. The van der Waals surface area contributed by atoms with Crippen molar-refractivity contribution in [3.8, 4) is 5.75 Å². The first-order chi connectivity index (χ1) is 12.1. The number of anilines is 3. The average molecular weight is 337 g/mol. The molecule has 0 aliphatic heterocycles. The van der Waals surface area contributed by atoms with Gasteiger partial charge in [0.15, 0.2) is 5.76 Å². The van der Waals surface area contributed by atoms with E-state index in [0.717, 1.165) is 17.1 Å². The van der Waals surface area contributed by atoms with Gasteiger partial charge in [-0.1, -0.05) is 0 Å². The lowest BCUT2D eigenvalue weighted by Crippen LogP contribution is -2.11. The van der Waals surface area contributed by atoms with Gasteiger partial charge in [0.2, 0.25) is 0 Å². The number of benzene rings is 1. The van der Waals surface area contributed by atoms with Crippen molar-refractivity contribution in [3.05, 3.63) is 66.8 Å². The molecule has 128 valence electrons. The molecule has 1 amide bonds. The first-order valence-corrected chi connectivity index (χ1v) is 7.95. The number of aromatic nitrogens is 1. The maximum Gasteiger partial charge on any atom is 0.292 e. The lowest BCUT2D eigenvalue weighted by Gasteiger charge is -2.11. The summed E-state index contributed by atoms with van der Waals surface area (Å²) in [7, 11) is 0. The number of hydrogen-bond donors (Lipinski definition) is 2. The van der Waals surface area contributed by atoms with E-state index in [2.05, 4.69) is 15.6 Å². The van der Waals surface area contributed by atoms with Crippen molar-refractivity contribution in [2.45, 2.75) is 20.0 Å². The number of furan rings is 1. The lowest BCUT2D eigenvalue weighted by molar-refractivity contribution is 0.0996. The van der Waals surface area contributed by atoms with Crippen molar-refractivity contribution in [2.24, 2.45) is 0 Å². The van der Waals surface area contributed by atoms with Crippen LogP contribution in [0.2, 0.25) is 0 Å².